The summed E-state index contributed by atoms with van der Waals surface area (Å²) in [7, 11) is 0. The zero-order valence-electron chi connectivity index (χ0n) is 17.9. The summed E-state index contributed by atoms with van der Waals surface area (Å²) in [5, 5.41) is 14.7. The van der Waals surface area contributed by atoms with Crippen LogP contribution in [-0.4, -0.2) is 53.2 Å². The first-order valence-corrected chi connectivity index (χ1v) is 10.4. The standard InChI is InChI=1S/C24H31FN2O3/c1-24(2,3)29-17-20(28)15-27(14-19-11-7-8-12-22(19)25)16-21-13-23(26-30-21)18-9-5-4-6-10-18/h4-12,20-21,28H,13-17H2,1-3H3/t20-,21-/m1/s1. The van der Waals surface area contributed by atoms with Crippen molar-refractivity contribution in [3.8, 4) is 0 Å². The first kappa shape index (κ1) is 22.4. The lowest BCUT2D eigenvalue weighted by atomic mass is 10.0. The van der Waals surface area contributed by atoms with E-state index in [1.165, 1.54) is 6.07 Å². The molecule has 0 saturated heterocycles. The average Bonchev–Trinajstić information content (AvgIpc) is 3.17. The smallest absolute Gasteiger partial charge is 0.145 e. The van der Waals surface area contributed by atoms with Gasteiger partial charge in [-0.3, -0.25) is 4.90 Å². The first-order chi connectivity index (χ1) is 14.3. The summed E-state index contributed by atoms with van der Waals surface area (Å²) in [6.45, 7) is 7.32. The molecule has 2 atom stereocenters. The normalized spacial score (nSPS) is 17.7. The molecule has 0 unspecified atom stereocenters. The van der Waals surface area contributed by atoms with Crippen molar-refractivity contribution in [2.75, 3.05) is 19.7 Å². The third kappa shape index (κ3) is 6.90. The van der Waals surface area contributed by atoms with Gasteiger partial charge in [-0.1, -0.05) is 53.7 Å². The van der Waals surface area contributed by atoms with E-state index in [4.69, 9.17) is 9.57 Å². The lowest BCUT2D eigenvalue weighted by Gasteiger charge is -2.28. The summed E-state index contributed by atoms with van der Waals surface area (Å²) in [6, 6.07) is 16.6. The number of hydrogen-bond acceptors (Lipinski definition) is 5. The molecule has 2 aromatic carbocycles. The molecule has 0 spiro atoms. The zero-order chi connectivity index (χ0) is 21.6. The fourth-order valence-electron chi connectivity index (χ4n) is 3.38. The monoisotopic (exact) mass is 414 g/mol. The summed E-state index contributed by atoms with van der Waals surface area (Å²) in [6.07, 6.45) is -0.165. The number of nitrogens with zero attached hydrogens (tertiary/aromatic N) is 2. The molecule has 0 fully saturated rings. The van der Waals surface area contributed by atoms with Crippen LogP contribution in [-0.2, 0) is 16.1 Å². The van der Waals surface area contributed by atoms with Gasteiger partial charge in [0.2, 0.25) is 0 Å². The molecule has 0 bridgehead atoms. The topological polar surface area (TPSA) is 54.3 Å². The lowest BCUT2D eigenvalue weighted by molar-refractivity contribution is -0.0601. The molecule has 30 heavy (non-hydrogen) atoms. The Kier molecular flexibility index (Phi) is 7.58. The highest BCUT2D eigenvalue weighted by atomic mass is 19.1. The number of aliphatic hydroxyl groups is 1. The Morgan fingerprint density at radius 1 is 1.17 bits per heavy atom. The van der Waals surface area contributed by atoms with E-state index in [0.717, 1.165) is 11.3 Å². The number of hydrogen-bond donors (Lipinski definition) is 1. The van der Waals surface area contributed by atoms with Crippen molar-refractivity contribution in [2.45, 2.75) is 51.5 Å². The Morgan fingerprint density at radius 3 is 2.57 bits per heavy atom. The molecule has 1 heterocycles. The second kappa shape index (κ2) is 10.2. The van der Waals surface area contributed by atoms with Crippen LogP contribution in [0.1, 0.15) is 38.3 Å². The molecule has 6 heteroatoms. The third-order valence-corrected chi connectivity index (χ3v) is 4.83. The molecular formula is C24H31FN2O3. The second-order valence-electron chi connectivity index (χ2n) is 8.70. The number of benzene rings is 2. The summed E-state index contributed by atoms with van der Waals surface area (Å²) in [5.41, 5.74) is 2.20. The fraction of sp³-hybridized carbons (Fsp3) is 0.458. The van der Waals surface area contributed by atoms with E-state index in [0.29, 0.717) is 31.6 Å². The van der Waals surface area contributed by atoms with Crippen LogP contribution in [0.5, 0.6) is 0 Å². The number of rotatable bonds is 9. The van der Waals surface area contributed by atoms with Crippen LogP contribution in [0.2, 0.25) is 0 Å². The number of oxime groups is 1. The van der Waals surface area contributed by atoms with Crippen LogP contribution < -0.4 is 0 Å². The van der Waals surface area contributed by atoms with Gasteiger partial charge in [-0.25, -0.2) is 4.39 Å². The van der Waals surface area contributed by atoms with Gasteiger partial charge in [0.1, 0.15) is 11.9 Å². The van der Waals surface area contributed by atoms with Crippen molar-refractivity contribution >= 4 is 5.71 Å². The number of halogens is 1. The van der Waals surface area contributed by atoms with E-state index >= 15 is 0 Å². The predicted octanol–water partition coefficient (Wildman–Crippen LogP) is 4.00. The molecule has 0 aromatic heterocycles. The van der Waals surface area contributed by atoms with E-state index in [9.17, 15) is 9.50 Å². The molecule has 0 radical (unpaired) electrons. The molecule has 0 aliphatic carbocycles. The van der Waals surface area contributed by atoms with Crippen molar-refractivity contribution in [1.29, 1.82) is 0 Å². The average molecular weight is 415 g/mol. The minimum absolute atomic E-state index is 0.150. The van der Waals surface area contributed by atoms with Gasteiger partial charge in [0.25, 0.3) is 0 Å². The third-order valence-electron chi connectivity index (χ3n) is 4.83. The zero-order valence-corrected chi connectivity index (χ0v) is 17.9. The Hall–Kier alpha value is -2.28. The van der Waals surface area contributed by atoms with E-state index in [2.05, 4.69) is 5.16 Å². The molecule has 1 N–H and O–H groups in total. The maximum absolute atomic E-state index is 14.2. The summed E-state index contributed by atoms with van der Waals surface area (Å²) < 4.78 is 19.9. The van der Waals surface area contributed by atoms with Gasteiger partial charge in [0, 0.05) is 31.6 Å². The Balaban J connectivity index is 1.63. The number of ether oxygens (including phenoxy) is 1. The van der Waals surface area contributed by atoms with Crippen molar-refractivity contribution in [1.82, 2.24) is 4.90 Å². The van der Waals surface area contributed by atoms with E-state index in [1.807, 2.05) is 62.1 Å². The van der Waals surface area contributed by atoms with Gasteiger partial charge >= 0.3 is 0 Å². The second-order valence-corrected chi connectivity index (χ2v) is 8.70. The quantitative estimate of drug-likeness (QED) is 0.674. The van der Waals surface area contributed by atoms with Gasteiger partial charge in [0.15, 0.2) is 0 Å². The molecular weight excluding hydrogens is 383 g/mol. The van der Waals surface area contributed by atoms with Crippen molar-refractivity contribution in [3.05, 3.63) is 71.5 Å². The molecule has 162 valence electrons. The van der Waals surface area contributed by atoms with E-state index in [-0.39, 0.29) is 24.1 Å². The molecule has 5 nitrogen and oxygen atoms in total. The van der Waals surface area contributed by atoms with E-state index in [1.54, 1.807) is 12.1 Å². The Morgan fingerprint density at radius 2 is 1.87 bits per heavy atom. The minimum Gasteiger partial charge on any atom is -0.390 e. The molecule has 3 rings (SSSR count). The Bertz CT molecular complexity index is 836. The van der Waals surface area contributed by atoms with E-state index < -0.39 is 6.10 Å². The number of aliphatic hydroxyl groups excluding tert-OH is 1. The fourth-order valence-corrected chi connectivity index (χ4v) is 3.38. The largest absolute Gasteiger partial charge is 0.390 e. The minimum atomic E-state index is -0.688. The van der Waals surface area contributed by atoms with Crippen LogP contribution >= 0.6 is 0 Å². The highest BCUT2D eigenvalue weighted by molar-refractivity contribution is 6.01. The maximum Gasteiger partial charge on any atom is 0.145 e. The molecule has 0 saturated carbocycles. The van der Waals surface area contributed by atoms with Gasteiger partial charge in [-0.2, -0.15) is 0 Å². The highest BCUT2D eigenvalue weighted by Gasteiger charge is 2.26. The summed E-state index contributed by atoms with van der Waals surface area (Å²) >= 11 is 0. The van der Waals surface area contributed by atoms with Crippen LogP contribution in [0.25, 0.3) is 0 Å². The predicted molar refractivity (Wildman–Crippen MR) is 116 cm³/mol. The summed E-state index contributed by atoms with van der Waals surface area (Å²) in [4.78, 5) is 7.66. The van der Waals surface area contributed by atoms with Gasteiger partial charge < -0.3 is 14.7 Å². The van der Waals surface area contributed by atoms with Crippen molar-refractivity contribution in [3.63, 3.8) is 0 Å². The summed E-state index contributed by atoms with van der Waals surface area (Å²) in [5.74, 6) is -0.253. The van der Waals surface area contributed by atoms with Crippen LogP contribution in [0.4, 0.5) is 4.39 Å². The van der Waals surface area contributed by atoms with Crippen molar-refractivity contribution in [2.24, 2.45) is 5.16 Å². The highest BCUT2D eigenvalue weighted by Crippen LogP contribution is 2.19. The SMILES string of the molecule is CC(C)(C)OC[C@H](O)CN(Cc1ccccc1F)C[C@H]1CC(c2ccccc2)=NO1. The first-order valence-electron chi connectivity index (χ1n) is 10.4. The van der Waals surface area contributed by atoms with Crippen LogP contribution in [0.15, 0.2) is 59.8 Å². The van der Waals surface area contributed by atoms with Crippen LogP contribution in [0, 0.1) is 5.82 Å². The molecule has 0 amide bonds. The maximum atomic E-state index is 14.2. The van der Waals surface area contributed by atoms with Gasteiger partial charge in [0.05, 0.1) is 24.0 Å². The van der Waals surface area contributed by atoms with Crippen molar-refractivity contribution < 1.29 is 19.1 Å². The molecule has 1 aliphatic heterocycles. The van der Waals surface area contributed by atoms with Gasteiger partial charge in [-0.05, 0) is 32.4 Å². The van der Waals surface area contributed by atoms with Gasteiger partial charge in [-0.15, -0.1) is 0 Å². The molecule has 1 aliphatic rings. The molecule has 2 aromatic rings. The van der Waals surface area contributed by atoms with Crippen LogP contribution in [0.3, 0.4) is 0 Å². The lowest BCUT2D eigenvalue weighted by Crippen LogP contribution is -2.40. The Labute approximate surface area is 178 Å².